The van der Waals surface area contributed by atoms with Gasteiger partial charge in [0.05, 0.1) is 17.4 Å². The van der Waals surface area contributed by atoms with Gasteiger partial charge in [-0.05, 0) is 71.5 Å². The molecule has 5 aromatic rings. The van der Waals surface area contributed by atoms with Gasteiger partial charge in [0.15, 0.2) is 5.11 Å². The van der Waals surface area contributed by atoms with E-state index in [2.05, 4.69) is 51.3 Å². The predicted molar refractivity (Wildman–Crippen MR) is 138 cm³/mol. The molecule has 2 atom stereocenters. The Labute approximate surface area is 202 Å². The number of nitrogens with zero attached hydrogens (tertiary/aromatic N) is 3. The molecule has 0 bridgehead atoms. The summed E-state index contributed by atoms with van der Waals surface area (Å²) in [6, 6.07) is 30.8. The molecule has 3 heterocycles. The van der Waals surface area contributed by atoms with Gasteiger partial charge in [-0.2, -0.15) is 0 Å². The molecule has 0 amide bonds. The van der Waals surface area contributed by atoms with Crippen LogP contribution in [0.5, 0.6) is 0 Å². The molecule has 1 N–H and O–H groups in total. The molecule has 0 aliphatic carbocycles. The lowest BCUT2D eigenvalue weighted by Gasteiger charge is -2.29. The maximum atomic E-state index is 15.0. The highest BCUT2D eigenvalue weighted by Crippen LogP contribution is 2.43. The zero-order valence-electron chi connectivity index (χ0n) is 18.2. The van der Waals surface area contributed by atoms with Crippen molar-refractivity contribution < 1.29 is 4.39 Å². The zero-order chi connectivity index (χ0) is 23.1. The fraction of sp³-hybridized carbons (Fsp3) is 0.0714. The van der Waals surface area contributed by atoms with Crippen molar-refractivity contribution >= 4 is 33.8 Å². The van der Waals surface area contributed by atoms with E-state index in [1.54, 1.807) is 18.3 Å². The van der Waals surface area contributed by atoms with Crippen molar-refractivity contribution in [1.82, 2.24) is 14.9 Å². The van der Waals surface area contributed by atoms with E-state index in [1.165, 1.54) is 11.5 Å². The molecule has 4 nitrogen and oxygen atoms in total. The van der Waals surface area contributed by atoms with Crippen LogP contribution in [0.1, 0.15) is 23.5 Å². The summed E-state index contributed by atoms with van der Waals surface area (Å²) in [6.07, 6.45) is 3.81. The Balaban J connectivity index is 1.53. The van der Waals surface area contributed by atoms with Gasteiger partial charge in [0.2, 0.25) is 0 Å². The summed E-state index contributed by atoms with van der Waals surface area (Å²) in [5, 5.41) is 6.22. The van der Waals surface area contributed by atoms with Crippen LogP contribution in [0, 0.1) is 5.82 Å². The quantitative estimate of drug-likeness (QED) is 0.315. The van der Waals surface area contributed by atoms with Crippen molar-refractivity contribution in [3.63, 3.8) is 0 Å². The molecular weight excluding hydrogens is 443 g/mol. The molecule has 0 spiro atoms. The third-order valence-electron chi connectivity index (χ3n) is 6.30. The summed E-state index contributed by atoms with van der Waals surface area (Å²) in [5.41, 5.74) is 3.31. The van der Waals surface area contributed by atoms with Gasteiger partial charge in [-0.1, -0.05) is 48.5 Å². The van der Waals surface area contributed by atoms with E-state index in [9.17, 15) is 0 Å². The van der Waals surface area contributed by atoms with E-state index in [4.69, 9.17) is 12.2 Å². The minimum atomic E-state index is -0.317. The minimum absolute atomic E-state index is 0.248. The number of thiocarbonyl (C=S) groups is 1. The summed E-state index contributed by atoms with van der Waals surface area (Å²) in [4.78, 5) is 6.47. The third-order valence-corrected chi connectivity index (χ3v) is 6.62. The maximum absolute atomic E-state index is 15.0. The summed E-state index contributed by atoms with van der Waals surface area (Å²) >= 11 is 5.74. The standard InChI is InChI=1S/C28H21FN4S/c29-22-10-3-4-12-24(22)33-27(26(31-28(33)34)23-11-5-6-16-30-23)25-13-7-17-32(25)21-15-14-19-8-1-2-9-20(19)18-21/h1-18,26-27H,(H,31,34)/t26-,27-/m0/s1. The first-order valence-corrected chi connectivity index (χ1v) is 11.5. The van der Waals surface area contributed by atoms with E-state index in [0.717, 1.165) is 22.5 Å². The third kappa shape index (κ3) is 3.43. The van der Waals surface area contributed by atoms with Crippen molar-refractivity contribution in [2.24, 2.45) is 0 Å². The molecule has 6 rings (SSSR count). The van der Waals surface area contributed by atoms with Crippen LogP contribution in [0.2, 0.25) is 0 Å². The van der Waals surface area contributed by atoms with E-state index in [0.29, 0.717) is 10.8 Å². The Kier molecular flexibility index (Phi) is 5.08. The van der Waals surface area contributed by atoms with Crippen LogP contribution in [0.25, 0.3) is 16.5 Å². The molecule has 0 radical (unpaired) electrons. The average molecular weight is 465 g/mol. The number of anilines is 1. The number of benzene rings is 3. The van der Waals surface area contributed by atoms with Gasteiger partial charge < -0.3 is 14.8 Å². The molecule has 2 aromatic heterocycles. The zero-order valence-corrected chi connectivity index (χ0v) is 19.0. The number of para-hydroxylation sites is 1. The lowest BCUT2D eigenvalue weighted by Crippen LogP contribution is -2.31. The molecule has 0 saturated carbocycles. The highest BCUT2D eigenvalue weighted by molar-refractivity contribution is 7.80. The molecule has 166 valence electrons. The summed E-state index contributed by atoms with van der Waals surface area (Å²) < 4.78 is 17.2. The predicted octanol–water partition coefficient (Wildman–Crippen LogP) is 6.34. The Morgan fingerprint density at radius 1 is 0.824 bits per heavy atom. The van der Waals surface area contributed by atoms with Crippen LogP contribution in [0.15, 0.2) is 109 Å². The second-order valence-corrected chi connectivity index (χ2v) is 8.67. The summed E-state index contributed by atoms with van der Waals surface area (Å²) in [6.45, 7) is 0. The Hall–Kier alpha value is -4.03. The number of fused-ring (bicyclic) bond motifs is 1. The van der Waals surface area contributed by atoms with Crippen molar-refractivity contribution in [1.29, 1.82) is 0 Å². The Bertz CT molecular complexity index is 1500. The van der Waals surface area contributed by atoms with Gasteiger partial charge in [0, 0.05) is 23.8 Å². The lowest BCUT2D eigenvalue weighted by atomic mass is 10.0. The molecular formula is C28H21FN4S. The van der Waals surface area contributed by atoms with Gasteiger partial charge in [0.25, 0.3) is 0 Å². The first kappa shape index (κ1) is 20.6. The normalized spacial score (nSPS) is 17.8. The largest absolute Gasteiger partial charge is 0.351 e. The highest BCUT2D eigenvalue weighted by atomic mass is 32.1. The van der Waals surface area contributed by atoms with Crippen LogP contribution in [-0.2, 0) is 0 Å². The first-order chi connectivity index (χ1) is 16.7. The fourth-order valence-corrected chi connectivity index (χ4v) is 5.10. The van der Waals surface area contributed by atoms with Crippen LogP contribution < -0.4 is 10.2 Å². The molecule has 1 fully saturated rings. The molecule has 3 aromatic carbocycles. The molecule has 1 aliphatic rings. The van der Waals surface area contributed by atoms with Crippen LogP contribution in [0.3, 0.4) is 0 Å². The topological polar surface area (TPSA) is 33.1 Å². The van der Waals surface area contributed by atoms with E-state index >= 15 is 4.39 Å². The summed E-state index contributed by atoms with van der Waals surface area (Å²) in [7, 11) is 0. The first-order valence-electron chi connectivity index (χ1n) is 11.1. The molecule has 34 heavy (non-hydrogen) atoms. The van der Waals surface area contributed by atoms with Crippen LogP contribution in [-0.4, -0.2) is 14.7 Å². The Morgan fingerprint density at radius 2 is 1.62 bits per heavy atom. The van der Waals surface area contributed by atoms with Crippen molar-refractivity contribution in [3.8, 4) is 5.69 Å². The smallest absolute Gasteiger partial charge is 0.174 e. The molecule has 1 aliphatic heterocycles. The fourth-order valence-electron chi connectivity index (χ4n) is 4.76. The second-order valence-electron chi connectivity index (χ2n) is 8.28. The number of hydrogen-bond donors (Lipinski definition) is 1. The highest BCUT2D eigenvalue weighted by Gasteiger charge is 2.43. The van der Waals surface area contributed by atoms with E-state index < -0.39 is 0 Å². The van der Waals surface area contributed by atoms with Gasteiger partial charge >= 0.3 is 0 Å². The molecule has 6 heteroatoms. The number of hydrogen-bond acceptors (Lipinski definition) is 2. The maximum Gasteiger partial charge on any atom is 0.174 e. The van der Waals surface area contributed by atoms with Gasteiger partial charge in [-0.25, -0.2) is 4.39 Å². The number of rotatable bonds is 4. The number of aromatic nitrogens is 2. The Morgan fingerprint density at radius 3 is 2.44 bits per heavy atom. The summed E-state index contributed by atoms with van der Waals surface area (Å²) in [5.74, 6) is -0.317. The van der Waals surface area contributed by atoms with Crippen LogP contribution in [0.4, 0.5) is 10.1 Å². The van der Waals surface area contributed by atoms with Crippen molar-refractivity contribution in [2.75, 3.05) is 4.90 Å². The van der Waals surface area contributed by atoms with Crippen LogP contribution >= 0.6 is 12.2 Å². The molecule has 0 unspecified atom stereocenters. The number of halogens is 1. The second kappa shape index (κ2) is 8.39. The number of nitrogens with one attached hydrogen (secondary N) is 1. The minimum Gasteiger partial charge on any atom is -0.351 e. The van der Waals surface area contributed by atoms with Crippen molar-refractivity contribution in [2.45, 2.75) is 12.1 Å². The van der Waals surface area contributed by atoms with Gasteiger partial charge in [-0.3, -0.25) is 4.98 Å². The monoisotopic (exact) mass is 464 g/mol. The van der Waals surface area contributed by atoms with E-state index in [-0.39, 0.29) is 17.9 Å². The van der Waals surface area contributed by atoms with Gasteiger partial charge in [-0.15, -0.1) is 0 Å². The van der Waals surface area contributed by atoms with E-state index in [1.807, 2.05) is 53.6 Å². The molecule has 1 saturated heterocycles. The SMILES string of the molecule is Fc1ccccc1N1C(=S)N[C@@H](c2ccccn2)[C@@H]1c1cccn1-c1ccc2ccccc2c1. The average Bonchev–Trinajstić information content (AvgIpc) is 3.49. The van der Waals surface area contributed by atoms with Crippen molar-refractivity contribution in [3.05, 3.63) is 127 Å². The number of pyridine rings is 1. The van der Waals surface area contributed by atoms with Gasteiger partial charge in [0.1, 0.15) is 11.9 Å². The lowest BCUT2D eigenvalue weighted by molar-refractivity contribution is 0.542.